The van der Waals surface area contributed by atoms with Gasteiger partial charge in [0, 0.05) is 25.7 Å². The zero-order valence-corrected chi connectivity index (χ0v) is 18.3. The summed E-state index contributed by atoms with van der Waals surface area (Å²) in [6, 6.07) is 9.26. The summed E-state index contributed by atoms with van der Waals surface area (Å²) in [4.78, 5) is 42.5. The highest BCUT2D eigenvalue weighted by Crippen LogP contribution is 2.34. The van der Waals surface area contributed by atoms with Crippen molar-refractivity contribution in [2.75, 3.05) is 19.6 Å². The predicted octanol–water partition coefficient (Wildman–Crippen LogP) is 2.84. The highest BCUT2D eigenvalue weighted by molar-refractivity contribution is 6.00. The molecular weight excluding hydrogens is 378 g/mol. The minimum atomic E-state index is -0.833. The van der Waals surface area contributed by atoms with Gasteiger partial charge < -0.3 is 15.1 Å². The lowest BCUT2D eigenvalue weighted by Gasteiger charge is -2.51. The summed E-state index contributed by atoms with van der Waals surface area (Å²) < 4.78 is 0. The van der Waals surface area contributed by atoms with Crippen molar-refractivity contribution < 1.29 is 14.4 Å². The Hall–Kier alpha value is -2.63. The van der Waals surface area contributed by atoms with E-state index in [1.807, 2.05) is 43.3 Å². The molecule has 1 aromatic rings. The Labute approximate surface area is 179 Å². The van der Waals surface area contributed by atoms with Crippen LogP contribution in [0.3, 0.4) is 0 Å². The van der Waals surface area contributed by atoms with Crippen molar-refractivity contribution >= 4 is 23.8 Å². The lowest BCUT2D eigenvalue weighted by atomic mass is 9.80. The Bertz CT molecular complexity index is 795. The van der Waals surface area contributed by atoms with Crippen molar-refractivity contribution in [3.05, 3.63) is 42.0 Å². The number of hydrogen-bond acceptors (Lipinski definition) is 3. The van der Waals surface area contributed by atoms with Crippen molar-refractivity contribution in [2.45, 2.75) is 58.0 Å². The number of nitrogens with zero attached hydrogens (tertiary/aromatic N) is 2. The largest absolute Gasteiger partial charge is 0.342 e. The van der Waals surface area contributed by atoms with E-state index in [-0.39, 0.29) is 17.7 Å². The molecule has 2 fully saturated rings. The standard InChI is InChI=1S/C24H33N3O3/c1-4-14-27-22(29)20(17-18(2)3)25-23(30)24(27)12-15-26(16-13-24)21(28)11-10-19-8-6-5-7-9-19/h5-11,18,20H,4,12-17H2,1-3H3,(H,25,30)/b11-10+. The van der Waals surface area contributed by atoms with Crippen LogP contribution < -0.4 is 5.32 Å². The van der Waals surface area contributed by atoms with Crippen LogP contribution in [0.4, 0.5) is 0 Å². The molecule has 30 heavy (non-hydrogen) atoms. The molecule has 1 N–H and O–H groups in total. The van der Waals surface area contributed by atoms with Gasteiger partial charge in [-0.05, 0) is 43.2 Å². The molecule has 1 atom stereocenters. The molecule has 0 aliphatic carbocycles. The zero-order valence-electron chi connectivity index (χ0n) is 18.3. The first-order valence-corrected chi connectivity index (χ1v) is 11.0. The number of hydrogen-bond donors (Lipinski definition) is 1. The first-order valence-electron chi connectivity index (χ1n) is 11.0. The molecule has 1 aromatic carbocycles. The average Bonchev–Trinajstić information content (AvgIpc) is 2.74. The Kier molecular flexibility index (Phi) is 6.95. The van der Waals surface area contributed by atoms with Crippen LogP contribution in [-0.4, -0.2) is 58.7 Å². The van der Waals surface area contributed by atoms with E-state index in [0.29, 0.717) is 44.8 Å². The molecule has 6 nitrogen and oxygen atoms in total. The fourth-order valence-corrected chi connectivity index (χ4v) is 4.49. The second-order valence-electron chi connectivity index (χ2n) is 8.75. The molecule has 162 valence electrons. The number of likely N-dealkylation sites (tertiary alicyclic amines) is 1. The third-order valence-corrected chi connectivity index (χ3v) is 6.08. The summed E-state index contributed by atoms with van der Waals surface area (Å²) in [5.74, 6) is 0.227. The van der Waals surface area contributed by atoms with Gasteiger partial charge in [0.05, 0.1) is 0 Å². The number of piperidine rings is 1. The minimum Gasteiger partial charge on any atom is -0.342 e. The van der Waals surface area contributed by atoms with Gasteiger partial charge in [0.1, 0.15) is 11.6 Å². The third kappa shape index (κ3) is 4.58. The van der Waals surface area contributed by atoms with E-state index in [0.717, 1.165) is 12.0 Å². The Morgan fingerprint density at radius 2 is 1.87 bits per heavy atom. The third-order valence-electron chi connectivity index (χ3n) is 6.08. The zero-order chi connectivity index (χ0) is 21.7. The number of nitrogens with one attached hydrogen (secondary N) is 1. The molecule has 0 aromatic heterocycles. The van der Waals surface area contributed by atoms with E-state index in [1.165, 1.54) is 0 Å². The molecule has 0 saturated carbocycles. The van der Waals surface area contributed by atoms with E-state index >= 15 is 0 Å². The second kappa shape index (κ2) is 9.45. The van der Waals surface area contributed by atoms with Crippen LogP contribution in [0, 0.1) is 5.92 Å². The van der Waals surface area contributed by atoms with Crippen molar-refractivity contribution in [3.8, 4) is 0 Å². The quantitative estimate of drug-likeness (QED) is 0.732. The summed E-state index contributed by atoms with van der Waals surface area (Å²) >= 11 is 0. The summed E-state index contributed by atoms with van der Waals surface area (Å²) in [6.45, 7) is 7.64. The maximum atomic E-state index is 13.2. The molecule has 0 bridgehead atoms. The molecule has 2 saturated heterocycles. The van der Waals surface area contributed by atoms with E-state index in [4.69, 9.17) is 0 Å². The highest BCUT2D eigenvalue weighted by Gasteiger charge is 2.53. The molecule has 1 spiro atoms. The van der Waals surface area contributed by atoms with Crippen molar-refractivity contribution in [3.63, 3.8) is 0 Å². The minimum absolute atomic E-state index is 0.0221. The maximum Gasteiger partial charge on any atom is 0.246 e. The second-order valence-corrected chi connectivity index (χ2v) is 8.75. The molecule has 6 heteroatoms. The van der Waals surface area contributed by atoms with Crippen LogP contribution in [-0.2, 0) is 14.4 Å². The molecule has 3 amide bonds. The van der Waals surface area contributed by atoms with Gasteiger partial charge in [-0.25, -0.2) is 0 Å². The fourth-order valence-electron chi connectivity index (χ4n) is 4.49. The van der Waals surface area contributed by atoms with Gasteiger partial charge in [-0.2, -0.15) is 0 Å². The molecule has 2 aliphatic heterocycles. The van der Waals surface area contributed by atoms with Gasteiger partial charge >= 0.3 is 0 Å². The predicted molar refractivity (Wildman–Crippen MR) is 117 cm³/mol. The van der Waals surface area contributed by atoms with Crippen LogP contribution in [0.25, 0.3) is 6.08 Å². The van der Waals surface area contributed by atoms with Gasteiger partial charge in [-0.3, -0.25) is 14.4 Å². The van der Waals surface area contributed by atoms with Crippen LogP contribution in [0.1, 0.15) is 52.0 Å². The fraction of sp³-hybridized carbons (Fsp3) is 0.542. The summed E-state index contributed by atoms with van der Waals surface area (Å²) in [6.07, 6.45) is 5.80. The molecule has 0 radical (unpaired) electrons. The smallest absolute Gasteiger partial charge is 0.246 e. The highest BCUT2D eigenvalue weighted by atomic mass is 16.2. The monoisotopic (exact) mass is 411 g/mol. The van der Waals surface area contributed by atoms with Gasteiger partial charge in [-0.15, -0.1) is 0 Å². The SMILES string of the molecule is CCCN1C(=O)C(CC(C)C)NC(=O)C12CCN(C(=O)/C=C/c1ccccc1)CC2. The van der Waals surface area contributed by atoms with Gasteiger partial charge in [0.25, 0.3) is 0 Å². The molecule has 2 aliphatic rings. The van der Waals surface area contributed by atoms with E-state index in [2.05, 4.69) is 19.2 Å². The van der Waals surface area contributed by atoms with Crippen molar-refractivity contribution in [1.29, 1.82) is 0 Å². The van der Waals surface area contributed by atoms with Gasteiger partial charge in [0.15, 0.2) is 0 Å². The molecule has 3 rings (SSSR count). The van der Waals surface area contributed by atoms with Gasteiger partial charge in [0.2, 0.25) is 17.7 Å². The normalized spacial score (nSPS) is 21.5. The summed E-state index contributed by atoms with van der Waals surface area (Å²) in [7, 11) is 0. The lowest BCUT2D eigenvalue weighted by molar-refractivity contribution is -0.162. The van der Waals surface area contributed by atoms with Crippen molar-refractivity contribution in [1.82, 2.24) is 15.1 Å². The number of carbonyl (C=O) groups is 3. The number of benzene rings is 1. The Morgan fingerprint density at radius 1 is 1.20 bits per heavy atom. The average molecular weight is 412 g/mol. The summed E-state index contributed by atoms with van der Waals surface area (Å²) in [5, 5.41) is 2.99. The topological polar surface area (TPSA) is 69.7 Å². The molecule has 1 unspecified atom stereocenters. The van der Waals surface area contributed by atoms with Crippen LogP contribution in [0.5, 0.6) is 0 Å². The van der Waals surface area contributed by atoms with Crippen LogP contribution in [0.2, 0.25) is 0 Å². The lowest BCUT2D eigenvalue weighted by Crippen LogP contribution is -2.73. The van der Waals surface area contributed by atoms with Crippen LogP contribution in [0.15, 0.2) is 36.4 Å². The Morgan fingerprint density at radius 3 is 2.47 bits per heavy atom. The molecule has 2 heterocycles. The number of carbonyl (C=O) groups excluding carboxylic acids is 3. The summed E-state index contributed by atoms with van der Waals surface area (Å²) in [5.41, 5.74) is 0.141. The number of rotatable bonds is 6. The molecular formula is C24H33N3O3. The van der Waals surface area contributed by atoms with E-state index < -0.39 is 11.6 Å². The van der Waals surface area contributed by atoms with E-state index in [1.54, 1.807) is 15.9 Å². The maximum absolute atomic E-state index is 13.2. The van der Waals surface area contributed by atoms with Gasteiger partial charge in [-0.1, -0.05) is 51.1 Å². The van der Waals surface area contributed by atoms with Crippen molar-refractivity contribution in [2.24, 2.45) is 5.92 Å². The number of amides is 3. The Balaban J connectivity index is 1.70. The van der Waals surface area contributed by atoms with E-state index in [9.17, 15) is 14.4 Å². The first-order chi connectivity index (χ1) is 14.4. The van der Waals surface area contributed by atoms with Crippen LogP contribution >= 0.6 is 0 Å². The first kappa shape index (κ1) is 22.1. The number of piperazine rings is 1.